The van der Waals surface area contributed by atoms with E-state index in [-0.39, 0.29) is 11.9 Å². The molecule has 4 nitrogen and oxygen atoms in total. The molecule has 2 rings (SSSR count). The van der Waals surface area contributed by atoms with Crippen LogP contribution in [0.3, 0.4) is 0 Å². The molecule has 0 aliphatic carbocycles. The Hall–Kier alpha value is -1.71. The molecule has 0 saturated heterocycles. The number of benzene rings is 1. The molecule has 1 aromatic carbocycles. The summed E-state index contributed by atoms with van der Waals surface area (Å²) in [4.78, 5) is 11.9. The first-order valence-electron chi connectivity index (χ1n) is 5.78. The monoisotopic (exact) mass is 232 g/mol. The van der Waals surface area contributed by atoms with Crippen molar-refractivity contribution in [2.45, 2.75) is 20.3 Å². The van der Waals surface area contributed by atoms with Gasteiger partial charge in [0, 0.05) is 0 Å². The van der Waals surface area contributed by atoms with Crippen LogP contribution in [-0.2, 0) is 4.79 Å². The highest BCUT2D eigenvalue weighted by atomic mass is 16.5. The highest BCUT2D eigenvalue weighted by Gasteiger charge is 2.22. The van der Waals surface area contributed by atoms with Crippen LogP contribution in [-0.4, -0.2) is 19.1 Å². The number of ether oxygens (including phenoxy) is 1. The van der Waals surface area contributed by atoms with Crippen molar-refractivity contribution in [1.29, 1.82) is 0 Å². The lowest BCUT2D eigenvalue weighted by molar-refractivity contribution is -0.139. The van der Waals surface area contributed by atoms with Crippen molar-refractivity contribution >= 4 is 5.97 Å². The standard InChI is InChI=1S/C13H16N2O2/c1-9-5-10(2)7-12(6-9)17-13(16)11-3-4-14-15-8-11/h5-7,11H,3-4,8H2,1-2H3. The summed E-state index contributed by atoms with van der Waals surface area (Å²) >= 11 is 0. The van der Waals surface area contributed by atoms with Gasteiger partial charge in [0.2, 0.25) is 0 Å². The third kappa shape index (κ3) is 3.12. The van der Waals surface area contributed by atoms with Gasteiger partial charge < -0.3 is 4.74 Å². The number of esters is 1. The Morgan fingerprint density at radius 3 is 2.53 bits per heavy atom. The van der Waals surface area contributed by atoms with Crippen LogP contribution < -0.4 is 4.74 Å². The van der Waals surface area contributed by atoms with Gasteiger partial charge in [0.05, 0.1) is 19.0 Å². The van der Waals surface area contributed by atoms with Crippen LogP contribution in [0.5, 0.6) is 5.75 Å². The molecule has 0 spiro atoms. The lowest BCUT2D eigenvalue weighted by atomic mass is 10.1. The maximum Gasteiger partial charge on any atom is 0.316 e. The first-order valence-corrected chi connectivity index (χ1v) is 5.78. The molecule has 0 fully saturated rings. The fraction of sp³-hybridized carbons (Fsp3) is 0.462. The quantitative estimate of drug-likeness (QED) is 0.581. The molecule has 1 heterocycles. The molecular weight excluding hydrogens is 216 g/mol. The van der Waals surface area contributed by atoms with Crippen molar-refractivity contribution < 1.29 is 9.53 Å². The Morgan fingerprint density at radius 2 is 1.94 bits per heavy atom. The SMILES string of the molecule is Cc1cc(C)cc(OC(=O)C2CCN=NC2)c1. The molecule has 0 amide bonds. The third-order valence-electron chi connectivity index (χ3n) is 2.73. The molecule has 0 radical (unpaired) electrons. The zero-order valence-corrected chi connectivity index (χ0v) is 10.1. The first kappa shape index (κ1) is 11.8. The smallest absolute Gasteiger partial charge is 0.316 e. The molecule has 1 aliphatic heterocycles. The molecule has 0 saturated carbocycles. The Bertz CT molecular complexity index is 434. The van der Waals surface area contributed by atoms with Crippen LogP contribution >= 0.6 is 0 Å². The minimum Gasteiger partial charge on any atom is -0.426 e. The number of carbonyl (C=O) groups excluding carboxylic acids is 1. The van der Waals surface area contributed by atoms with E-state index in [9.17, 15) is 4.79 Å². The highest BCUT2D eigenvalue weighted by molar-refractivity contribution is 5.75. The molecule has 1 aliphatic rings. The zero-order valence-electron chi connectivity index (χ0n) is 10.1. The second kappa shape index (κ2) is 5.08. The molecule has 90 valence electrons. The Balaban J connectivity index is 2.04. The number of nitrogens with zero attached hydrogens (tertiary/aromatic N) is 2. The molecule has 4 heteroatoms. The van der Waals surface area contributed by atoms with E-state index in [2.05, 4.69) is 10.2 Å². The van der Waals surface area contributed by atoms with Gasteiger partial charge in [-0.25, -0.2) is 0 Å². The average molecular weight is 232 g/mol. The van der Waals surface area contributed by atoms with Crippen molar-refractivity contribution in [3.63, 3.8) is 0 Å². The van der Waals surface area contributed by atoms with Crippen molar-refractivity contribution in [2.24, 2.45) is 16.1 Å². The van der Waals surface area contributed by atoms with Crippen LogP contribution in [0.25, 0.3) is 0 Å². The predicted octanol–water partition coefficient (Wildman–Crippen LogP) is 2.68. The molecule has 17 heavy (non-hydrogen) atoms. The highest BCUT2D eigenvalue weighted by Crippen LogP contribution is 2.19. The maximum absolute atomic E-state index is 11.9. The molecule has 1 unspecified atom stereocenters. The van der Waals surface area contributed by atoms with Gasteiger partial charge in [-0.05, 0) is 43.5 Å². The summed E-state index contributed by atoms with van der Waals surface area (Å²) in [6.07, 6.45) is 0.729. The fourth-order valence-corrected chi connectivity index (χ4v) is 1.92. The summed E-state index contributed by atoms with van der Waals surface area (Å²) in [5, 5.41) is 7.74. The number of hydrogen-bond donors (Lipinski definition) is 0. The van der Waals surface area contributed by atoms with Gasteiger partial charge in [-0.15, -0.1) is 0 Å². The van der Waals surface area contributed by atoms with E-state index in [1.54, 1.807) is 0 Å². The van der Waals surface area contributed by atoms with Gasteiger partial charge >= 0.3 is 5.97 Å². The van der Waals surface area contributed by atoms with Gasteiger partial charge in [-0.1, -0.05) is 6.07 Å². The Labute approximate surface area is 101 Å². The van der Waals surface area contributed by atoms with E-state index in [0.717, 1.165) is 17.5 Å². The zero-order chi connectivity index (χ0) is 12.3. The fourth-order valence-electron chi connectivity index (χ4n) is 1.92. The summed E-state index contributed by atoms with van der Waals surface area (Å²) in [5.41, 5.74) is 2.19. The lowest BCUT2D eigenvalue weighted by Crippen LogP contribution is -2.25. The van der Waals surface area contributed by atoms with Crippen molar-refractivity contribution in [2.75, 3.05) is 13.1 Å². The van der Waals surface area contributed by atoms with Gasteiger partial charge in [0.1, 0.15) is 5.75 Å². The molecule has 0 N–H and O–H groups in total. The summed E-state index contributed by atoms with van der Waals surface area (Å²) in [6.45, 7) is 5.04. The van der Waals surface area contributed by atoms with Crippen LogP contribution in [0.2, 0.25) is 0 Å². The minimum absolute atomic E-state index is 0.145. The normalized spacial score (nSPS) is 19.1. The number of rotatable bonds is 2. The molecular formula is C13H16N2O2. The maximum atomic E-state index is 11.9. The second-order valence-corrected chi connectivity index (χ2v) is 4.42. The number of aryl methyl sites for hydroxylation is 2. The molecule has 1 aromatic rings. The summed E-state index contributed by atoms with van der Waals surface area (Å²) in [5.74, 6) is 0.275. The van der Waals surface area contributed by atoms with Crippen LogP contribution in [0.15, 0.2) is 28.4 Å². The first-order chi connectivity index (χ1) is 8.15. The molecule has 0 bridgehead atoms. The van der Waals surface area contributed by atoms with Crippen LogP contribution in [0, 0.1) is 19.8 Å². The van der Waals surface area contributed by atoms with E-state index in [1.165, 1.54) is 0 Å². The van der Waals surface area contributed by atoms with Gasteiger partial charge in [-0.2, -0.15) is 10.2 Å². The number of azo groups is 1. The molecule has 0 aromatic heterocycles. The van der Waals surface area contributed by atoms with E-state index in [0.29, 0.717) is 18.8 Å². The van der Waals surface area contributed by atoms with Crippen molar-refractivity contribution in [1.82, 2.24) is 0 Å². The van der Waals surface area contributed by atoms with E-state index >= 15 is 0 Å². The number of hydrogen-bond acceptors (Lipinski definition) is 4. The van der Waals surface area contributed by atoms with Crippen LogP contribution in [0.4, 0.5) is 0 Å². The van der Waals surface area contributed by atoms with Crippen LogP contribution in [0.1, 0.15) is 17.5 Å². The van der Waals surface area contributed by atoms with Crippen molar-refractivity contribution in [3.05, 3.63) is 29.3 Å². The Morgan fingerprint density at radius 1 is 1.24 bits per heavy atom. The number of carbonyl (C=O) groups is 1. The van der Waals surface area contributed by atoms with E-state index < -0.39 is 0 Å². The van der Waals surface area contributed by atoms with Gasteiger partial charge in [0.25, 0.3) is 0 Å². The van der Waals surface area contributed by atoms with E-state index in [4.69, 9.17) is 4.74 Å². The second-order valence-electron chi connectivity index (χ2n) is 4.42. The lowest BCUT2D eigenvalue weighted by Gasteiger charge is -2.15. The Kier molecular flexibility index (Phi) is 3.52. The predicted molar refractivity (Wildman–Crippen MR) is 64.2 cm³/mol. The topological polar surface area (TPSA) is 51.0 Å². The minimum atomic E-state index is -0.200. The third-order valence-corrected chi connectivity index (χ3v) is 2.73. The summed E-state index contributed by atoms with van der Waals surface area (Å²) in [7, 11) is 0. The average Bonchev–Trinajstić information content (AvgIpc) is 2.28. The van der Waals surface area contributed by atoms with Gasteiger partial charge in [-0.3, -0.25) is 4.79 Å². The van der Waals surface area contributed by atoms with Gasteiger partial charge in [0.15, 0.2) is 0 Å². The van der Waals surface area contributed by atoms with Crippen molar-refractivity contribution in [3.8, 4) is 5.75 Å². The summed E-state index contributed by atoms with van der Waals surface area (Å²) in [6, 6.07) is 5.79. The largest absolute Gasteiger partial charge is 0.426 e. The molecule has 1 atom stereocenters. The van der Waals surface area contributed by atoms with E-state index in [1.807, 2.05) is 32.0 Å². The summed E-state index contributed by atoms with van der Waals surface area (Å²) < 4.78 is 5.37.